The Morgan fingerprint density at radius 2 is 1.80 bits per heavy atom. The molecule has 0 aliphatic heterocycles. The van der Waals surface area contributed by atoms with Crippen molar-refractivity contribution in [2.45, 2.75) is 59.0 Å². The highest BCUT2D eigenvalue weighted by atomic mass is 15.2. The Bertz CT molecular complexity index is 173. The molecule has 2 atom stereocenters. The van der Waals surface area contributed by atoms with Crippen LogP contribution in [0.15, 0.2) is 0 Å². The van der Waals surface area contributed by atoms with Crippen molar-refractivity contribution in [2.24, 2.45) is 17.6 Å². The van der Waals surface area contributed by atoms with E-state index in [2.05, 4.69) is 32.6 Å². The van der Waals surface area contributed by atoms with Crippen molar-refractivity contribution in [3.63, 3.8) is 0 Å². The van der Waals surface area contributed by atoms with Crippen molar-refractivity contribution in [3.05, 3.63) is 0 Å². The van der Waals surface area contributed by atoms with E-state index in [1.807, 2.05) is 0 Å². The van der Waals surface area contributed by atoms with E-state index in [-0.39, 0.29) is 0 Å². The number of nitrogens with zero attached hydrogens (tertiary/aromatic N) is 1. The largest absolute Gasteiger partial charge is 0.328 e. The van der Waals surface area contributed by atoms with Crippen molar-refractivity contribution in [1.29, 1.82) is 0 Å². The van der Waals surface area contributed by atoms with Gasteiger partial charge in [0.15, 0.2) is 0 Å². The minimum Gasteiger partial charge on any atom is -0.328 e. The molecule has 0 aromatic rings. The highest BCUT2D eigenvalue weighted by Gasteiger charge is 2.29. The Labute approximate surface area is 95.2 Å². The Balaban J connectivity index is 2.30. The van der Waals surface area contributed by atoms with Gasteiger partial charge in [0, 0.05) is 18.6 Å². The fourth-order valence-electron chi connectivity index (χ4n) is 1.82. The zero-order chi connectivity index (χ0) is 11.4. The molecule has 90 valence electrons. The molecular weight excluding hydrogens is 184 g/mol. The topological polar surface area (TPSA) is 29.3 Å². The summed E-state index contributed by atoms with van der Waals surface area (Å²) >= 11 is 0. The third-order valence-corrected chi connectivity index (χ3v) is 3.48. The van der Waals surface area contributed by atoms with Gasteiger partial charge in [-0.05, 0) is 44.6 Å². The fraction of sp³-hybridized carbons (Fsp3) is 1.00. The molecule has 1 saturated carbocycles. The van der Waals surface area contributed by atoms with Crippen LogP contribution in [0.4, 0.5) is 0 Å². The van der Waals surface area contributed by atoms with E-state index in [1.165, 1.54) is 32.4 Å². The van der Waals surface area contributed by atoms with Gasteiger partial charge in [0.05, 0.1) is 0 Å². The Hall–Kier alpha value is -0.0800. The van der Waals surface area contributed by atoms with Crippen LogP contribution in [-0.2, 0) is 0 Å². The normalized spacial score (nSPS) is 21.0. The van der Waals surface area contributed by atoms with E-state index in [1.54, 1.807) is 0 Å². The van der Waals surface area contributed by atoms with Gasteiger partial charge in [0.25, 0.3) is 0 Å². The zero-order valence-electron chi connectivity index (χ0n) is 10.9. The average Bonchev–Trinajstić information content (AvgIpc) is 2.94. The number of nitrogens with two attached hydrogens (primary N) is 1. The van der Waals surface area contributed by atoms with Gasteiger partial charge in [-0.2, -0.15) is 0 Å². The van der Waals surface area contributed by atoms with Crippen LogP contribution in [0.2, 0.25) is 0 Å². The molecule has 0 heterocycles. The molecule has 1 aliphatic rings. The summed E-state index contributed by atoms with van der Waals surface area (Å²) in [6.07, 6.45) is 4.13. The van der Waals surface area contributed by atoms with Gasteiger partial charge in [-0.1, -0.05) is 20.8 Å². The average molecular weight is 212 g/mol. The minimum absolute atomic E-state index is 0.324. The van der Waals surface area contributed by atoms with Crippen LogP contribution in [0, 0.1) is 11.8 Å². The lowest BCUT2D eigenvalue weighted by molar-refractivity contribution is 0.205. The molecule has 2 unspecified atom stereocenters. The van der Waals surface area contributed by atoms with Gasteiger partial charge in [-0.3, -0.25) is 0 Å². The Morgan fingerprint density at radius 3 is 2.20 bits per heavy atom. The molecule has 1 rings (SSSR count). The summed E-state index contributed by atoms with van der Waals surface area (Å²) in [5.74, 6) is 1.44. The summed E-state index contributed by atoms with van der Waals surface area (Å²) in [5.41, 5.74) is 5.93. The molecule has 0 aromatic carbocycles. The van der Waals surface area contributed by atoms with Crippen LogP contribution in [0.5, 0.6) is 0 Å². The third-order valence-electron chi connectivity index (χ3n) is 3.48. The minimum atomic E-state index is 0.324. The van der Waals surface area contributed by atoms with Crippen LogP contribution >= 0.6 is 0 Å². The van der Waals surface area contributed by atoms with Crippen LogP contribution in [-0.4, -0.2) is 30.1 Å². The standard InChI is InChI=1S/C13H28N2/c1-10(2)7-8-15(13-5-6-13)9-11(3)12(4)14/h10-13H,5-9,14H2,1-4H3. The summed E-state index contributed by atoms with van der Waals surface area (Å²) in [5, 5.41) is 0. The van der Waals surface area contributed by atoms with E-state index in [0.29, 0.717) is 12.0 Å². The summed E-state index contributed by atoms with van der Waals surface area (Å²) in [6.45, 7) is 11.5. The summed E-state index contributed by atoms with van der Waals surface area (Å²) < 4.78 is 0. The van der Waals surface area contributed by atoms with Crippen LogP contribution in [0.1, 0.15) is 47.0 Å². The third kappa shape index (κ3) is 4.98. The summed E-state index contributed by atoms with van der Waals surface area (Å²) in [7, 11) is 0. The molecule has 0 amide bonds. The van der Waals surface area contributed by atoms with Crippen molar-refractivity contribution >= 4 is 0 Å². The molecule has 0 aromatic heterocycles. The van der Waals surface area contributed by atoms with Gasteiger partial charge < -0.3 is 10.6 Å². The predicted octanol–water partition coefficient (Wildman–Crippen LogP) is 2.48. The first kappa shape index (κ1) is 13.0. The van der Waals surface area contributed by atoms with E-state index < -0.39 is 0 Å². The number of rotatable bonds is 7. The first-order chi connectivity index (χ1) is 7.00. The van der Waals surface area contributed by atoms with Crippen molar-refractivity contribution < 1.29 is 0 Å². The Kier molecular flexibility index (Phi) is 5.07. The quantitative estimate of drug-likeness (QED) is 0.702. The second-order valence-electron chi connectivity index (χ2n) is 5.75. The molecule has 0 bridgehead atoms. The fourth-order valence-corrected chi connectivity index (χ4v) is 1.82. The van der Waals surface area contributed by atoms with E-state index >= 15 is 0 Å². The molecule has 2 nitrogen and oxygen atoms in total. The van der Waals surface area contributed by atoms with Gasteiger partial charge in [-0.15, -0.1) is 0 Å². The summed E-state index contributed by atoms with van der Waals surface area (Å²) in [4.78, 5) is 2.66. The lowest BCUT2D eigenvalue weighted by Crippen LogP contribution is -2.38. The van der Waals surface area contributed by atoms with Crippen molar-refractivity contribution in [3.8, 4) is 0 Å². The van der Waals surface area contributed by atoms with Crippen molar-refractivity contribution in [2.75, 3.05) is 13.1 Å². The maximum atomic E-state index is 5.93. The molecule has 15 heavy (non-hydrogen) atoms. The lowest BCUT2D eigenvalue weighted by atomic mass is 10.0. The molecule has 0 radical (unpaired) electrons. The van der Waals surface area contributed by atoms with Crippen LogP contribution < -0.4 is 5.73 Å². The molecule has 2 N–H and O–H groups in total. The van der Waals surface area contributed by atoms with Gasteiger partial charge in [0.2, 0.25) is 0 Å². The first-order valence-corrected chi connectivity index (χ1v) is 6.50. The highest BCUT2D eigenvalue weighted by Crippen LogP contribution is 2.28. The van der Waals surface area contributed by atoms with E-state index in [0.717, 1.165) is 12.0 Å². The molecular formula is C13H28N2. The molecule has 1 aliphatic carbocycles. The van der Waals surface area contributed by atoms with Crippen LogP contribution in [0.3, 0.4) is 0 Å². The van der Waals surface area contributed by atoms with Gasteiger partial charge >= 0.3 is 0 Å². The molecule has 1 fully saturated rings. The van der Waals surface area contributed by atoms with Gasteiger partial charge in [0.1, 0.15) is 0 Å². The molecule has 2 heteroatoms. The molecule has 0 saturated heterocycles. The van der Waals surface area contributed by atoms with E-state index in [4.69, 9.17) is 5.73 Å². The van der Waals surface area contributed by atoms with Gasteiger partial charge in [-0.25, -0.2) is 0 Å². The first-order valence-electron chi connectivity index (χ1n) is 6.50. The Morgan fingerprint density at radius 1 is 1.20 bits per heavy atom. The smallest absolute Gasteiger partial charge is 0.00965 e. The predicted molar refractivity (Wildman–Crippen MR) is 66.9 cm³/mol. The summed E-state index contributed by atoms with van der Waals surface area (Å²) in [6, 6.07) is 1.20. The monoisotopic (exact) mass is 212 g/mol. The second-order valence-corrected chi connectivity index (χ2v) is 5.75. The number of hydrogen-bond acceptors (Lipinski definition) is 2. The number of hydrogen-bond donors (Lipinski definition) is 1. The SMILES string of the molecule is CC(C)CCN(CC(C)C(C)N)C1CC1. The second kappa shape index (κ2) is 5.86. The molecule has 0 spiro atoms. The zero-order valence-corrected chi connectivity index (χ0v) is 10.9. The maximum Gasteiger partial charge on any atom is 0.00965 e. The van der Waals surface area contributed by atoms with Crippen molar-refractivity contribution in [1.82, 2.24) is 4.90 Å². The van der Waals surface area contributed by atoms with Crippen LogP contribution in [0.25, 0.3) is 0 Å². The van der Waals surface area contributed by atoms with E-state index in [9.17, 15) is 0 Å². The highest BCUT2D eigenvalue weighted by molar-refractivity contribution is 4.86. The lowest BCUT2D eigenvalue weighted by Gasteiger charge is -2.28. The maximum absolute atomic E-state index is 5.93.